The first-order valence-corrected chi connectivity index (χ1v) is 6.16. The van der Waals surface area contributed by atoms with E-state index in [1.165, 1.54) is 0 Å². The van der Waals surface area contributed by atoms with E-state index < -0.39 is 0 Å². The summed E-state index contributed by atoms with van der Waals surface area (Å²) in [6, 6.07) is 3.95. The lowest BCUT2D eigenvalue weighted by atomic mass is 10.0. The number of carbonyl (C=O) groups excluding carboxylic acids is 1. The molecule has 0 fully saturated rings. The molecule has 1 aliphatic heterocycles. The van der Waals surface area contributed by atoms with Gasteiger partial charge in [0.2, 0.25) is 5.91 Å². The molecule has 0 saturated heterocycles. The molecule has 1 aromatic rings. The van der Waals surface area contributed by atoms with Crippen molar-refractivity contribution in [2.24, 2.45) is 5.73 Å². The minimum atomic E-state index is -0.0159. The van der Waals surface area contributed by atoms with E-state index in [4.69, 9.17) is 5.73 Å². The van der Waals surface area contributed by atoms with Crippen LogP contribution in [0, 0.1) is 0 Å². The number of nitrogens with two attached hydrogens (primary N) is 1. The van der Waals surface area contributed by atoms with Crippen molar-refractivity contribution >= 4 is 5.91 Å². The molecule has 1 aliphatic rings. The summed E-state index contributed by atoms with van der Waals surface area (Å²) in [6.07, 6.45) is 3.95. The molecule has 17 heavy (non-hydrogen) atoms. The Kier molecular flexibility index (Phi) is 3.74. The van der Waals surface area contributed by atoms with Crippen LogP contribution < -0.4 is 5.73 Å². The average molecular weight is 233 g/mol. The fourth-order valence-electron chi connectivity index (χ4n) is 2.08. The van der Waals surface area contributed by atoms with Crippen LogP contribution in [0.4, 0.5) is 0 Å². The highest BCUT2D eigenvalue weighted by Gasteiger charge is 2.21. The summed E-state index contributed by atoms with van der Waals surface area (Å²) in [6.45, 7) is 3.45. The fourth-order valence-corrected chi connectivity index (χ4v) is 2.08. The van der Waals surface area contributed by atoms with Crippen molar-refractivity contribution in [2.75, 3.05) is 6.54 Å². The van der Waals surface area contributed by atoms with Crippen LogP contribution in [-0.2, 0) is 17.8 Å². The highest BCUT2D eigenvalue weighted by molar-refractivity contribution is 5.77. The maximum absolute atomic E-state index is 12.0. The van der Waals surface area contributed by atoms with E-state index in [0.717, 1.165) is 30.6 Å². The number of fused-ring (bicyclic) bond motifs is 1. The third-order valence-corrected chi connectivity index (χ3v) is 3.28. The van der Waals surface area contributed by atoms with Crippen LogP contribution >= 0.6 is 0 Å². The van der Waals surface area contributed by atoms with Crippen LogP contribution in [0.3, 0.4) is 0 Å². The average Bonchev–Trinajstić information content (AvgIpc) is 2.38. The third kappa shape index (κ3) is 2.82. The van der Waals surface area contributed by atoms with Gasteiger partial charge in [-0.1, -0.05) is 13.0 Å². The summed E-state index contributed by atoms with van der Waals surface area (Å²) in [7, 11) is 0. The molecule has 2 N–H and O–H groups in total. The normalized spacial score (nSPS) is 16.5. The van der Waals surface area contributed by atoms with Crippen LogP contribution in [-0.4, -0.2) is 28.4 Å². The van der Waals surface area contributed by atoms with E-state index in [2.05, 4.69) is 4.98 Å². The maximum atomic E-state index is 12.0. The highest BCUT2D eigenvalue weighted by Crippen LogP contribution is 2.17. The highest BCUT2D eigenvalue weighted by atomic mass is 16.2. The van der Waals surface area contributed by atoms with E-state index in [9.17, 15) is 4.79 Å². The SMILES string of the molecule is CCC(N)CC(=O)N1CCc2ncccc2C1. The Bertz CT molecular complexity index is 405. The van der Waals surface area contributed by atoms with Crippen LogP contribution in [0.1, 0.15) is 31.0 Å². The predicted octanol–water partition coefficient (Wildman–Crippen LogP) is 1.09. The molecule has 0 aliphatic carbocycles. The molecule has 0 bridgehead atoms. The van der Waals surface area contributed by atoms with Crippen molar-refractivity contribution in [1.29, 1.82) is 0 Å². The molecule has 0 radical (unpaired) electrons. The summed E-state index contributed by atoms with van der Waals surface area (Å²) in [4.78, 5) is 18.2. The van der Waals surface area contributed by atoms with Gasteiger partial charge in [0.15, 0.2) is 0 Å². The number of hydrogen-bond acceptors (Lipinski definition) is 3. The Morgan fingerprint density at radius 1 is 1.65 bits per heavy atom. The standard InChI is InChI=1S/C13H19N3O/c1-2-11(14)8-13(17)16-7-5-12-10(9-16)4-3-6-15-12/h3-4,6,11H,2,5,7-9,14H2,1H3. The molecule has 4 heteroatoms. The second-order valence-corrected chi connectivity index (χ2v) is 4.55. The molecule has 1 amide bonds. The minimum Gasteiger partial charge on any atom is -0.338 e. The van der Waals surface area contributed by atoms with Gasteiger partial charge in [0.05, 0.1) is 0 Å². The zero-order valence-electron chi connectivity index (χ0n) is 10.2. The molecule has 1 atom stereocenters. The Morgan fingerprint density at radius 3 is 3.24 bits per heavy atom. The first-order valence-electron chi connectivity index (χ1n) is 6.16. The van der Waals surface area contributed by atoms with Crippen molar-refractivity contribution in [3.63, 3.8) is 0 Å². The summed E-state index contributed by atoms with van der Waals surface area (Å²) < 4.78 is 0. The molecular weight excluding hydrogens is 214 g/mol. The maximum Gasteiger partial charge on any atom is 0.224 e. The fraction of sp³-hybridized carbons (Fsp3) is 0.538. The quantitative estimate of drug-likeness (QED) is 0.850. The number of carbonyl (C=O) groups is 1. The zero-order chi connectivity index (χ0) is 12.3. The Labute approximate surface area is 102 Å². The molecule has 92 valence electrons. The van der Waals surface area contributed by atoms with E-state index in [-0.39, 0.29) is 11.9 Å². The van der Waals surface area contributed by atoms with Gasteiger partial charge in [-0.05, 0) is 18.1 Å². The Hall–Kier alpha value is -1.42. The molecule has 0 saturated carbocycles. The van der Waals surface area contributed by atoms with Crippen LogP contribution in [0.25, 0.3) is 0 Å². The smallest absolute Gasteiger partial charge is 0.224 e. The van der Waals surface area contributed by atoms with Crippen LogP contribution in [0.5, 0.6) is 0 Å². The van der Waals surface area contributed by atoms with Gasteiger partial charge in [-0.25, -0.2) is 0 Å². The van der Waals surface area contributed by atoms with Gasteiger partial charge in [0, 0.05) is 43.9 Å². The van der Waals surface area contributed by atoms with Crippen molar-refractivity contribution in [2.45, 2.75) is 38.8 Å². The van der Waals surface area contributed by atoms with E-state index in [1.54, 1.807) is 0 Å². The van der Waals surface area contributed by atoms with E-state index in [0.29, 0.717) is 13.0 Å². The molecule has 1 aromatic heterocycles. The van der Waals surface area contributed by atoms with Gasteiger partial charge in [-0.15, -0.1) is 0 Å². The summed E-state index contributed by atoms with van der Waals surface area (Å²) >= 11 is 0. The number of amides is 1. The Morgan fingerprint density at radius 2 is 2.47 bits per heavy atom. The van der Waals surface area contributed by atoms with Crippen molar-refractivity contribution in [3.05, 3.63) is 29.6 Å². The second kappa shape index (κ2) is 5.27. The molecule has 0 aromatic carbocycles. The van der Waals surface area contributed by atoms with Crippen LogP contribution in [0.15, 0.2) is 18.3 Å². The summed E-state index contributed by atoms with van der Waals surface area (Å²) in [5, 5.41) is 0. The lowest BCUT2D eigenvalue weighted by molar-refractivity contribution is -0.132. The molecule has 1 unspecified atom stereocenters. The number of aromatic nitrogens is 1. The second-order valence-electron chi connectivity index (χ2n) is 4.55. The number of rotatable bonds is 3. The number of hydrogen-bond donors (Lipinski definition) is 1. The molecule has 2 rings (SSSR count). The van der Waals surface area contributed by atoms with Crippen molar-refractivity contribution in [3.8, 4) is 0 Å². The number of pyridine rings is 1. The lowest BCUT2D eigenvalue weighted by Gasteiger charge is -2.29. The molecule has 2 heterocycles. The van der Waals surface area contributed by atoms with Crippen LogP contribution in [0.2, 0.25) is 0 Å². The summed E-state index contributed by atoms with van der Waals surface area (Å²) in [5.41, 5.74) is 8.10. The van der Waals surface area contributed by atoms with E-state index in [1.807, 2.05) is 30.2 Å². The molecular formula is C13H19N3O. The van der Waals surface area contributed by atoms with Gasteiger partial charge >= 0.3 is 0 Å². The monoisotopic (exact) mass is 233 g/mol. The largest absolute Gasteiger partial charge is 0.338 e. The van der Waals surface area contributed by atoms with Gasteiger partial charge in [-0.2, -0.15) is 0 Å². The van der Waals surface area contributed by atoms with Crippen molar-refractivity contribution in [1.82, 2.24) is 9.88 Å². The zero-order valence-corrected chi connectivity index (χ0v) is 10.2. The van der Waals surface area contributed by atoms with Crippen molar-refractivity contribution < 1.29 is 4.79 Å². The molecule has 4 nitrogen and oxygen atoms in total. The van der Waals surface area contributed by atoms with Gasteiger partial charge < -0.3 is 10.6 Å². The molecule has 0 spiro atoms. The number of nitrogens with zero attached hydrogens (tertiary/aromatic N) is 2. The summed E-state index contributed by atoms with van der Waals surface area (Å²) in [5.74, 6) is 0.161. The minimum absolute atomic E-state index is 0.0159. The van der Waals surface area contributed by atoms with Gasteiger partial charge in [-0.3, -0.25) is 9.78 Å². The first-order chi connectivity index (χ1) is 8.20. The predicted molar refractivity (Wildman–Crippen MR) is 66.2 cm³/mol. The third-order valence-electron chi connectivity index (χ3n) is 3.28. The van der Waals surface area contributed by atoms with Gasteiger partial charge in [0.25, 0.3) is 0 Å². The Balaban J connectivity index is 2.00. The lowest BCUT2D eigenvalue weighted by Crippen LogP contribution is -2.39. The topological polar surface area (TPSA) is 59.2 Å². The van der Waals surface area contributed by atoms with E-state index >= 15 is 0 Å². The first kappa shape index (κ1) is 12.0. The van der Waals surface area contributed by atoms with Gasteiger partial charge in [0.1, 0.15) is 0 Å².